The van der Waals surface area contributed by atoms with E-state index in [4.69, 9.17) is 4.74 Å². The summed E-state index contributed by atoms with van der Waals surface area (Å²) in [7, 11) is 0. The maximum atomic E-state index is 13.5. The Hall–Kier alpha value is -1.68. The van der Waals surface area contributed by atoms with Gasteiger partial charge in [0.1, 0.15) is 18.2 Å². The minimum absolute atomic E-state index is 0.0158. The van der Waals surface area contributed by atoms with Gasteiger partial charge in [0, 0.05) is 10.9 Å². The Bertz CT molecular complexity index is 564. The van der Waals surface area contributed by atoms with Gasteiger partial charge < -0.3 is 4.74 Å². The molecule has 1 heterocycles. The first-order valence-corrected chi connectivity index (χ1v) is 7.45. The lowest BCUT2D eigenvalue weighted by molar-refractivity contribution is -0.118. The summed E-state index contributed by atoms with van der Waals surface area (Å²) in [6.45, 7) is 1.43. The second-order valence-electron chi connectivity index (χ2n) is 4.72. The molecule has 20 heavy (non-hydrogen) atoms. The lowest BCUT2D eigenvalue weighted by Gasteiger charge is -2.07. The van der Waals surface area contributed by atoms with Gasteiger partial charge in [-0.2, -0.15) is 0 Å². The number of ketones is 1. The van der Waals surface area contributed by atoms with E-state index in [0.717, 1.165) is 24.8 Å². The van der Waals surface area contributed by atoms with Crippen LogP contribution < -0.4 is 4.74 Å². The molecule has 0 aliphatic rings. The Kier molecular flexibility index (Phi) is 5.30. The van der Waals surface area contributed by atoms with Crippen molar-refractivity contribution in [1.82, 2.24) is 0 Å². The molecule has 0 saturated heterocycles. The van der Waals surface area contributed by atoms with Gasteiger partial charge in [-0.3, -0.25) is 4.79 Å². The molecule has 0 N–H and O–H groups in total. The topological polar surface area (TPSA) is 26.3 Å². The summed E-state index contributed by atoms with van der Waals surface area (Å²) in [5.41, 5.74) is 0.903. The van der Waals surface area contributed by atoms with Crippen LogP contribution >= 0.6 is 11.3 Å². The van der Waals surface area contributed by atoms with E-state index in [2.05, 4.69) is 11.4 Å². The van der Waals surface area contributed by atoms with Crippen molar-refractivity contribution >= 4 is 17.1 Å². The van der Waals surface area contributed by atoms with Crippen molar-refractivity contribution in [2.24, 2.45) is 0 Å². The molecule has 0 atom stereocenters. The van der Waals surface area contributed by atoms with Crippen LogP contribution in [-0.2, 0) is 17.6 Å². The van der Waals surface area contributed by atoms with E-state index in [1.54, 1.807) is 17.4 Å². The van der Waals surface area contributed by atoms with E-state index < -0.39 is 0 Å². The Morgan fingerprint density at radius 2 is 2.15 bits per heavy atom. The molecule has 0 bridgehead atoms. The zero-order valence-corrected chi connectivity index (χ0v) is 12.2. The Morgan fingerprint density at radius 1 is 1.30 bits per heavy atom. The zero-order valence-electron chi connectivity index (χ0n) is 11.4. The number of hydrogen-bond donors (Lipinski definition) is 0. The number of hydrogen-bond acceptors (Lipinski definition) is 3. The van der Waals surface area contributed by atoms with Crippen LogP contribution in [-0.4, -0.2) is 12.4 Å². The molecular weight excluding hydrogens is 275 g/mol. The van der Waals surface area contributed by atoms with E-state index in [9.17, 15) is 9.18 Å². The largest absolute Gasteiger partial charge is 0.486 e. The molecule has 0 aliphatic carbocycles. The van der Waals surface area contributed by atoms with Crippen LogP contribution in [0.3, 0.4) is 0 Å². The van der Waals surface area contributed by atoms with E-state index in [1.807, 2.05) is 6.07 Å². The third kappa shape index (κ3) is 4.78. The fourth-order valence-corrected chi connectivity index (χ4v) is 2.71. The van der Waals surface area contributed by atoms with Gasteiger partial charge in [0.25, 0.3) is 0 Å². The SMILES string of the molecule is CC(=O)COc1cc(F)cc(CCCc2cccs2)c1. The van der Waals surface area contributed by atoms with Gasteiger partial charge in [-0.25, -0.2) is 4.39 Å². The Balaban J connectivity index is 1.91. The van der Waals surface area contributed by atoms with E-state index in [-0.39, 0.29) is 18.2 Å². The van der Waals surface area contributed by atoms with Crippen molar-refractivity contribution in [2.45, 2.75) is 26.2 Å². The summed E-state index contributed by atoms with van der Waals surface area (Å²) in [4.78, 5) is 12.2. The molecule has 0 unspecified atom stereocenters. The van der Waals surface area contributed by atoms with Gasteiger partial charge in [0.05, 0.1) is 0 Å². The van der Waals surface area contributed by atoms with Crippen LogP contribution in [0.1, 0.15) is 23.8 Å². The highest BCUT2D eigenvalue weighted by atomic mass is 32.1. The van der Waals surface area contributed by atoms with Crippen LogP contribution in [0.2, 0.25) is 0 Å². The van der Waals surface area contributed by atoms with E-state index >= 15 is 0 Å². The van der Waals surface area contributed by atoms with Gasteiger partial charge in [0.2, 0.25) is 0 Å². The number of carbonyl (C=O) groups is 1. The molecule has 0 saturated carbocycles. The number of benzene rings is 1. The first kappa shape index (κ1) is 14.7. The third-order valence-electron chi connectivity index (χ3n) is 2.84. The fraction of sp³-hybridized carbons (Fsp3) is 0.312. The number of Topliss-reactive ketones (excluding diaryl/α,β-unsaturated/α-hetero) is 1. The van der Waals surface area contributed by atoms with Gasteiger partial charge >= 0.3 is 0 Å². The molecule has 4 heteroatoms. The molecule has 0 amide bonds. The number of carbonyl (C=O) groups excluding carboxylic acids is 1. The normalized spacial score (nSPS) is 10.5. The molecule has 2 aromatic rings. The van der Waals surface area contributed by atoms with E-state index in [0.29, 0.717) is 5.75 Å². The lowest BCUT2D eigenvalue weighted by atomic mass is 10.1. The zero-order chi connectivity index (χ0) is 14.4. The number of ether oxygens (including phenoxy) is 1. The lowest BCUT2D eigenvalue weighted by Crippen LogP contribution is -2.07. The molecule has 0 spiro atoms. The van der Waals surface area contributed by atoms with Crippen LogP contribution in [0.4, 0.5) is 4.39 Å². The average molecular weight is 292 g/mol. The number of rotatable bonds is 7. The first-order chi connectivity index (χ1) is 9.63. The summed E-state index contributed by atoms with van der Waals surface area (Å²) in [6, 6.07) is 8.79. The Morgan fingerprint density at radius 3 is 2.85 bits per heavy atom. The summed E-state index contributed by atoms with van der Waals surface area (Å²) in [5, 5.41) is 2.06. The predicted octanol–water partition coefficient (Wildman–Crippen LogP) is 4.03. The summed E-state index contributed by atoms with van der Waals surface area (Å²) in [5.74, 6) is 0.0250. The number of aryl methyl sites for hydroxylation is 2. The van der Waals surface area contributed by atoms with Crippen molar-refractivity contribution in [3.05, 3.63) is 52.0 Å². The number of thiophene rings is 1. The minimum atomic E-state index is -0.322. The van der Waals surface area contributed by atoms with Gasteiger partial charge in [0.15, 0.2) is 5.78 Å². The smallest absolute Gasteiger partial charge is 0.167 e. The van der Waals surface area contributed by atoms with Crippen LogP contribution in [0.5, 0.6) is 5.75 Å². The quantitative estimate of drug-likeness (QED) is 0.770. The van der Waals surface area contributed by atoms with Crippen LogP contribution in [0.25, 0.3) is 0 Å². The molecule has 1 aromatic heterocycles. The molecule has 2 rings (SSSR count). The second kappa shape index (κ2) is 7.20. The third-order valence-corrected chi connectivity index (χ3v) is 3.78. The second-order valence-corrected chi connectivity index (χ2v) is 5.75. The van der Waals surface area contributed by atoms with Gasteiger partial charge in [-0.15, -0.1) is 11.3 Å². The molecule has 0 aliphatic heterocycles. The highest BCUT2D eigenvalue weighted by Crippen LogP contribution is 2.19. The van der Waals surface area contributed by atoms with E-state index in [1.165, 1.54) is 23.9 Å². The van der Waals surface area contributed by atoms with Gasteiger partial charge in [-0.1, -0.05) is 6.07 Å². The molecule has 0 radical (unpaired) electrons. The highest BCUT2D eigenvalue weighted by Gasteiger charge is 2.04. The van der Waals surface area contributed by atoms with Crippen LogP contribution in [0, 0.1) is 5.82 Å². The Labute approximate surface area is 122 Å². The average Bonchev–Trinajstić information content (AvgIpc) is 2.89. The van der Waals surface area contributed by atoms with Crippen molar-refractivity contribution in [1.29, 1.82) is 0 Å². The number of halogens is 1. The molecular formula is C16H17FO2S. The maximum Gasteiger partial charge on any atom is 0.167 e. The molecule has 1 aromatic carbocycles. The van der Waals surface area contributed by atoms with Crippen LogP contribution in [0.15, 0.2) is 35.7 Å². The first-order valence-electron chi connectivity index (χ1n) is 6.57. The van der Waals surface area contributed by atoms with Gasteiger partial charge in [-0.05, 0) is 55.3 Å². The highest BCUT2D eigenvalue weighted by molar-refractivity contribution is 7.09. The maximum absolute atomic E-state index is 13.5. The minimum Gasteiger partial charge on any atom is -0.486 e. The standard InChI is InChI=1S/C16H17FO2S/c1-12(18)11-19-15-9-13(8-14(17)10-15)4-2-5-16-6-3-7-20-16/h3,6-10H,2,4-5,11H2,1H3. The molecule has 106 valence electrons. The molecule has 2 nitrogen and oxygen atoms in total. The monoisotopic (exact) mass is 292 g/mol. The fourth-order valence-electron chi connectivity index (χ4n) is 1.95. The molecule has 0 fully saturated rings. The summed E-state index contributed by atoms with van der Waals surface area (Å²) >= 11 is 1.74. The van der Waals surface area contributed by atoms with Crippen molar-refractivity contribution in [3.8, 4) is 5.75 Å². The van der Waals surface area contributed by atoms with Crippen molar-refractivity contribution < 1.29 is 13.9 Å². The summed E-state index contributed by atoms with van der Waals surface area (Å²) in [6.07, 6.45) is 2.76. The van der Waals surface area contributed by atoms with Crippen molar-refractivity contribution in [2.75, 3.05) is 6.61 Å². The predicted molar refractivity (Wildman–Crippen MR) is 78.9 cm³/mol. The van der Waals surface area contributed by atoms with Crippen molar-refractivity contribution in [3.63, 3.8) is 0 Å². The summed E-state index contributed by atoms with van der Waals surface area (Å²) < 4.78 is 18.7.